The number of carbonyl (C=O) groups is 2. The van der Waals surface area contributed by atoms with Gasteiger partial charge >= 0.3 is 12.2 Å². The van der Waals surface area contributed by atoms with Gasteiger partial charge in [0.15, 0.2) is 0 Å². The van der Waals surface area contributed by atoms with Crippen LogP contribution in [-0.2, 0) is 15.7 Å². The molecule has 9 heteroatoms. The molecule has 0 radical (unpaired) electrons. The molecule has 0 aromatic heterocycles. The summed E-state index contributed by atoms with van der Waals surface area (Å²) in [5.41, 5.74) is 0.136. The predicted molar refractivity (Wildman–Crippen MR) is 89.0 cm³/mol. The van der Waals surface area contributed by atoms with Crippen molar-refractivity contribution in [2.24, 2.45) is 0 Å². The van der Waals surface area contributed by atoms with Gasteiger partial charge in [0.05, 0.1) is 17.7 Å². The molecule has 6 nitrogen and oxygen atoms in total. The van der Waals surface area contributed by atoms with E-state index in [4.69, 9.17) is 4.74 Å². The monoisotopic (exact) mass is 383 g/mol. The number of hydrogen-bond donors (Lipinski definition) is 1. The second kappa shape index (κ2) is 6.70. The fourth-order valence-electron chi connectivity index (χ4n) is 3.86. The Bertz CT molecular complexity index is 732. The van der Waals surface area contributed by atoms with Crippen molar-refractivity contribution in [2.75, 3.05) is 32.8 Å². The number of hydrogen-bond acceptors (Lipinski definition) is 3. The lowest BCUT2D eigenvalue weighted by molar-refractivity contribution is -0.140. The molecule has 3 heterocycles. The van der Waals surface area contributed by atoms with E-state index >= 15 is 0 Å². The van der Waals surface area contributed by atoms with Gasteiger partial charge in [-0.05, 0) is 24.1 Å². The van der Waals surface area contributed by atoms with Crippen molar-refractivity contribution in [3.8, 4) is 0 Å². The molecule has 1 aromatic carbocycles. The first kappa shape index (κ1) is 18.1. The summed E-state index contributed by atoms with van der Waals surface area (Å²) in [5.74, 6) is -0.122. The first-order valence-electron chi connectivity index (χ1n) is 8.93. The maximum Gasteiger partial charge on any atom is 0.416 e. The second-order valence-electron chi connectivity index (χ2n) is 7.26. The van der Waals surface area contributed by atoms with E-state index in [1.807, 2.05) is 0 Å². The zero-order valence-corrected chi connectivity index (χ0v) is 14.5. The van der Waals surface area contributed by atoms with Gasteiger partial charge in [-0.25, -0.2) is 4.79 Å². The Balaban J connectivity index is 1.31. The highest BCUT2D eigenvalue weighted by molar-refractivity contribution is 5.79. The van der Waals surface area contributed by atoms with Gasteiger partial charge in [0.2, 0.25) is 5.91 Å². The third-order valence-corrected chi connectivity index (χ3v) is 5.46. The van der Waals surface area contributed by atoms with Crippen LogP contribution >= 0.6 is 0 Å². The summed E-state index contributed by atoms with van der Waals surface area (Å²) in [5, 5.41) is 2.86. The van der Waals surface area contributed by atoms with Gasteiger partial charge in [-0.2, -0.15) is 13.2 Å². The number of halogens is 3. The van der Waals surface area contributed by atoms with Gasteiger partial charge in [-0.1, -0.05) is 12.1 Å². The highest BCUT2D eigenvalue weighted by atomic mass is 19.4. The quantitative estimate of drug-likeness (QED) is 0.805. The molecule has 0 bridgehead atoms. The topological polar surface area (TPSA) is 61.9 Å². The predicted octanol–water partition coefficient (Wildman–Crippen LogP) is 1.81. The number of amides is 3. The molecule has 4 rings (SSSR count). The number of nitrogens with one attached hydrogen (secondary N) is 1. The zero-order valence-electron chi connectivity index (χ0n) is 14.5. The summed E-state index contributed by atoms with van der Waals surface area (Å²) in [6.07, 6.45) is -3.72. The molecule has 3 saturated heterocycles. The Hall–Kier alpha value is -2.29. The molecule has 3 fully saturated rings. The average Bonchev–Trinajstić information content (AvgIpc) is 2.59. The first-order chi connectivity index (χ1) is 12.8. The Morgan fingerprint density at radius 2 is 1.81 bits per heavy atom. The molecule has 3 aliphatic heterocycles. The highest BCUT2D eigenvalue weighted by Gasteiger charge is 2.40. The maximum absolute atomic E-state index is 12.6. The molecule has 0 aliphatic carbocycles. The summed E-state index contributed by atoms with van der Waals surface area (Å²) in [6.45, 7) is 2.01. The van der Waals surface area contributed by atoms with E-state index < -0.39 is 11.7 Å². The Morgan fingerprint density at radius 1 is 1.11 bits per heavy atom. The van der Waals surface area contributed by atoms with E-state index in [1.54, 1.807) is 9.80 Å². The van der Waals surface area contributed by atoms with Gasteiger partial charge in [0, 0.05) is 32.1 Å². The van der Waals surface area contributed by atoms with Crippen LogP contribution in [0.2, 0.25) is 0 Å². The van der Waals surface area contributed by atoms with Crippen LogP contribution in [0.15, 0.2) is 24.3 Å². The molecule has 1 aromatic rings. The number of benzene rings is 1. The lowest BCUT2D eigenvalue weighted by atomic mass is 9.91. The van der Waals surface area contributed by atoms with E-state index in [2.05, 4.69) is 5.32 Å². The van der Waals surface area contributed by atoms with E-state index in [0.717, 1.165) is 17.7 Å². The molecular weight excluding hydrogens is 363 g/mol. The van der Waals surface area contributed by atoms with Crippen molar-refractivity contribution in [3.05, 3.63) is 35.4 Å². The van der Waals surface area contributed by atoms with E-state index in [9.17, 15) is 22.8 Å². The van der Waals surface area contributed by atoms with E-state index in [1.165, 1.54) is 12.1 Å². The molecule has 3 aliphatic rings. The first-order valence-corrected chi connectivity index (χ1v) is 8.93. The lowest BCUT2D eigenvalue weighted by Gasteiger charge is -2.46. The minimum absolute atomic E-state index is 0.0477. The fraction of sp³-hybridized carbons (Fsp3) is 0.556. The molecular formula is C18H20F3N3O3. The van der Waals surface area contributed by atoms with E-state index in [-0.39, 0.29) is 36.6 Å². The third-order valence-electron chi connectivity index (χ3n) is 5.46. The Labute approximate surface area is 154 Å². The molecule has 2 atom stereocenters. The van der Waals surface area contributed by atoms with E-state index in [0.29, 0.717) is 32.6 Å². The lowest BCUT2D eigenvalue weighted by Crippen LogP contribution is -2.63. The number of nitrogens with zero attached hydrogens (tertiary/aromatic N) is 2. The van der Waals surface area contributed by atoms with Crippen LogP contribution in [0.3, 0.4) is 0 Å². The number of alkyl halides is 3. The van der Waals surface area contributed by atoms with Crippen molar-refractivity contribution in [2.45, 2.75) is 30.7 Å². The molecule has 146 valence electrons. The standard InChI is InChI=1S/C18H20F3N3O3/c19-18(20,21)13-3-1-11(2-4-13)12-7-24(8-12)17(26)23-6-5-15-14(9-23)22-16(25)10-27-15/h1-4,12,14-15H,5-10H2,(H,22,25)/t14?,15-/m0/s1. The number of urea groups is 1. The van der Waals surface area contributed by atoms with Crippen LogP contribution in [0.1, 0.15) is 23.5 Å². The number of ether oxygens (including phenoxy) is 1. The van der Waals surface area contributed by atoms with Crippen LogP contribution in [0.25, 0.3) is 0 Å². The minimum atomic E-state index is -4.34. The average molecular weight is 383 g/mol. The minimum Gasteiger partial charge on any atom is -0.366 e. The van der Waals surface area contributed by atoms with Crippen molar-refractivity contribution >= 4 is 11.9 Å². The largest absolute Gasteiger partial charge is 0.416 e. The summed E-state index contributed by atoms with van der Waals surface area (Å²) < 4.78 is 43.4. The van der Waals surface area contributed by atoms with Crippen molar-refractivity contribution in [1.82, 2.24) is 15.1 Å². The van der Waals surface area contributed by atoms with Crippen molar-refractivity contribution in [3.63, 3.8) is 0 Å². The second-order valence-corrected chi connectivity index (χ2v) is 7.26. The number of likely N-dealkylation sites (tertiary alicyclic amines) is 2. The number of piperidine rings is 1. The van der Waals surface area contributed by atoms with Crippen LogP contribution < -0.4 is 5.32 Å². The SMILES string of the molecule is O=C1CO[C@H]2CCN(C(=O)N3CC(c4ccc(C(F)(F)F)cc4)C3)CC2N1. The zero-order chi connectivity index (χ0) is 19.2. The van der Waals surface area contributed by atoms with Gasteiger partial charge in [0.25, 0.3) is 0 Å². The third kappa shape index (κ3) is 3.60. The molecule has 27 heavy (non-hydrogen) atoms. The highest BCUT2D eigenvalue weighted by Crippen LogP contribution is 2.33. The van der Waals surface area contributed by atoms with Crippen LogP contribution in [0.4, 0.5) is 18.0 Å². The fourth-order valence-corrected chi connectivity index (χ4v) is 3.86. The molecule has 1 unspecified atom stereocenters. The van der Waals surface area contributed by atoms with Crippen molar-refractivity contribution in [1.29, 1.82) is 0 Å². The summed E-state index contributed by atoms with van der Waals surface area (Å²) in [4.78, 5) is 27.5. The summed E-state index contributed by atoms with van der Waals surface area (Å²) in [7, 11) is 0. The number of carbonyl (C=O) groups excluding carboxylic acids is 2. The van der Waals surface area contributed by atoms with Gasteiger partial charge in [-0.3, -0.25) is 4.79 Å². The Morgan fingerprint density at radius 3 is 2.48 bits per heavy atom. The molecule has 3 amide bonds. The smallest absolute Gasteiger partial charge is 0.366 e. The Kier molecular flexibility index (Phi) is 4.49. The normalized spacial score (nSPS) is 26.3. The van der Waals surface area contributed by atoms with Gasteiger partial charge in [0.1, 0.15) is 6.61 Å². The number of fused-ring (bicyclic) bond motifs is 1. The van der Waals surface area contributed by atoms with Crippen LogP contribution in [0.5, 0.6) is 0 Å². The number of rotatable bonds is 1. The van der Waals surface area contributed by atoms with Crippen molar-refractivity contribution < 1.29 is 27.5 Å². The molecule has 0 spiro atoms. The van der Waals surface area contributed by atoms with Gasteiger partial charge in [-0.15, -0.1) is 0 Å². The number of morpholine rings is 1. The van der Waals surface area contributed by atoms with Gasteiger partial charge < -0.3 is 19.9 Å². The molecule has 0 saturated carbocycles. The molecule has 1 N–H and O–H groups in total. The summed E-state index contributed by atoms with van der Waals surface area (Å²) in [6, 6.07) is 4.84. The maximum atomic E-state index is 12.6. The van der Waals surface area contributed by atoms with Crippen LogP contribution in [-0.4, -0.2) is 66.7 Å². The van der Waals surface area contributed by atoms with Crippen LogP contribution in [0, 0.1) is 0 Å². The summed E-state index contributed by atoms with van der Waals surface area (Å²) >= 11 is 0.